The van der Waals surface area contributed by atoms with Gasteiger partial charge in [0.25, 0.3) is 5.91 Å². The lowest BCUT2D eigenvalue weighted by Gasteiger charge is -2.09. The molecule has 0 aliphatic carbocycles. The number of thiazole rings is 1. The molecule has 1 amide bonds. The maximum Gasteiger partial charge on any atom is 0.273 e. The summed E-state index contributed by atoms with van der Waals surface area (Å²) in [6.07, 6.45) is 1.32. The van der Waals surface area contributed by atoms with Crippen LogP contribution in [0.25, 0.3) is 0 Å². The molecule has 1 N–H and O–H groups in total. The molecular weight excluding hydrogens is 354 g/mol. The van der Waals surface area contributed by atoms with Crippen LogP contribution in [-0.4, -0.2) is 23.0 Å². The molecule has 0 aliphatic heterocycles. The third-order valence-electron chi connectivity index (χ3n) is 3.62. The lowest BCUT2D eigenvalue weighted by atomic mass is 10.2. The number of hydrogen-bond donors (Lipinski definition) is 1. The minimum absolute atomic E-state index is 0.112. The highest BCUT2D eigenvalue weighted by Gasteiger charge is 2.17. The number of aryl methyl sites for hydroxylation is 1. The van der Waals surface area contributed by atoms with E-state index in [9.17, 15) is 4.79 Å². The average Bonchev–Trinajstić information content (AvgIpc) is 3.29. The molecule has 0 saturated carbocycles. The van der Waals surface area contributed by atoms with Gasteiger partial charge >= 0.3 is 0 Å². The number of carbonyl (C=O) groups excluding carboxylic acids is 1. The van der Waals surface area contributed by atoms with Gasteiger partial charge in [-0.05, 0) is 26.0 Å². The number of aromatic nitrogens is 2. The number of ether oxygens (including phenoxy) is 2. The number of methoxy groups -OCH3 is 1. The highest BCUT2D eigenvalue weighted by atomic mass is 32.1. The molecule has 3 rings (SSSR count). The number of hydrogen-bond acceptors (Lipinski definition) is 7. The number of oxazole rings is 1. The molecule has 2 heterocycles. The first-order chi connectivity index (χ1) is 12.5. The minimum atomic E-state index is -0.320. The second-order valence-electron chi connectivity index (χ2n) is 5.58. The van der Waals surface area contributed by atoms with E-state index in [0.29, 0.717) is 17.4 Å². The van der Waals surface area contributed by atoms with Crippen LogP contribution >= 0.6 is 11.3 Å². The molecule has 3 aromatic rings. The van der Waals surface area contributed by atoms with Crippen LogP contribution in [-0.2, 0) is 6.61 Å². The van der Waals surface area contributed by atoms with E-state index in [1.165, 1.54) is 6.26 Å². The molecule has 0 saturated heterocycles. The van der Waals surface area contributed by atoms with Crippen LogP contribution in [0.2, 0.25) is 0 Å². The van der Waals surface area contributed by atoms with Crippen LogP contribution in [0, 0.1) is 6.92 Å². The molecular formula is C18H19N3O4S. The summed E-state index contributed by atoms with van der Waals surface area (Å²) >= 11 is 1.54. The molecule has 1 atom stereocenters. The smallest absolute Gasteiger partial charge is 0.273 e. The van der Waals surface area contributed by atoms with Gasteiger partial charge < -0.3 is 19.2 Å². The van der Waals surface area contributed by atoms with E-state index in [2.05, 4.69) is 15.3 Å². The number of carbonyl (C=O) groups is 1. The molecule has 0 radical (unpaired) electrons. The summed E-state index contributed by atoms with van der Waals surface area (Å²) < 4.78 is 16.1. The van der Waals surface area contributed by atoms with Gasteiger partial charge in [0, 0.05) is 11.4 Å². The normalized spacial score (nSPS) is 11.8. The van der Waals surface area contributed by atoms with E-state index in [1.807, 2.05) is 31.4 Å². The van der Waals surface area contributed by atoms with Crippen molar-refractivity contribution < 1.29 is 18.7 Å². The van der Waals surface area contributed by atoms with Crippen molar-refractivity contribution in [2.45, 2.75) is 26.5 Å². The second kappa shape index (κ2) is 8.01. The molecule has 0 aliphatic rings. The van der Waals surface area contributed by atoms with E-state index >= 15 is 0 Å². The Labute approximate surface area is 155 Å². The van der Waals surface area contributed by atoms with Gasteiger partial charge in [-0.25, -0.2) is 9.97 Å². The highest BCUT2D eigenvalue weighted by Crippen LogP contribution is 2.20. The van der Waals surface area contributed by atoms with Crippen LogP contribution < -0.4 is 14.8 Å². The molecule has 136 valence electrons. The van der Waals surface area contributed by atoms with E-state index in [1.54, 1.807) is 30.6 Å². The van der Waals surface area contributed by atoms with Crippen molar-refractivity contribution in [3.63, 3.8) is 0 Å². The van der Waals surface area contributed by atoms with Crippen LogP contribution in [0.15, 0.2) is 40.3 Å². The number of rotatable bonds is 7. The fourth-order valence-corrected chi connectivity index (χ4v) is 2.95. The Hall–Kier alpha value is -2.87. The fourth-order valence-electron chi connectivity index (χ4n) is 2.24. The van der Waals surface area contributed by atoms with Gasteiger partial charge in [0.15, 0.2) is 12.3 Å². The number of benzene rings is 1. The Morgan fingerprint density at radius 3 is 2.88 bits per heavy atom. The standard InChI is InChI=1S/C18H19N3O4S/c1-11(16-10-26-12(2)20-16)19-18(22)15-8-25-17(21-15)9-24-14-6-4-5-13(7-14)23-3/h4-8,10-11H,9H2,1-3H3,(H,19,22)/t11-/m1/s1. The summed E-state index contributed by atoms with van der Waals surface area (Å²) in [5.74, 6) is 1.32. The van der Waals surface area contributed by atoms with Gasteiger partial charge in [0.05, 0.1) is 23.9 Å². The van der Waals surface area contributed by atoms with Gasteiger partial charge in [-0.15, -0.1) is 11.3 Å². The Morgan fingerprint density at radius 2 is 2.15 bits per heavy atom. The maximum atomic E-state index is 12.3. The van der Waals surface area contributed by atoms with Crippen molar-refractivity contribution in [2.75, 3.05) is 7.11 Å². The Morgan fingerprint density at radius 1 is 1.35 bits per heavy atom. The zero-order chi connectivity index (χ0) is 18.5. The van der Waals surface area contributed by atoms with E-state index in [4.69, 9.17) is 13.9 Å². The quantitative estimate of drug-likeness (QED) is 0.682. The first kappa shape index (κ1) is 17.9. The summed E-state index contributed by atoms with van der Waals surface area (Å²) in [4.78, 5) is 20.8. The maximum absolute atomic E-state index is 12.3. The molecule has 26 heavy (non-hydrogen) atoms. The van der Waals surface area contributed by atoms with Crippen molar-refractivity contribution in [3.8, 4) is 11.5 Å². The van der Waals surface area contributed by atoms with Gasteiger partial charge in [0.2, 0.25) is 5.89 Å². The van der Waals surface area contributed by atoms with E-state index in [-0.39, 0.29) is 24.2 Å². The third-order valence-corrected chi connectivity index (χ3v) is 4.41. The number of nitrogens with one attached hydrogen (secondary N) is 1. The molecule has 0 spiro atoms. The van der Waals surface area contributed by atoms with Gasteiger partial charge in [-0.2, -0.15) is 0 Å². The Kier molecular flexibility index (Phi) is 5.52. The van der Waals surface area contributed by atoms with Crippen molar-refractivity contribution >= 4 is 17.2 Å². The van der Waals surface area contributed by atoms with Crippen LogP contribution in [0.5, 0.6) is 11.5 Å². The average molecular weight is 373 g/mol. The molecule has 1 aromatic carbocycles. The van der Waals surface area contributed by atoms with Crippen molar-refractivity contribution in [1.82, 2.24) is 15.3 Å². The summed E-state index contributed by atoms with van der Waals surface area (Å²) in [5, 5.41) is 5.74. The largest absolute Gasteiger partial charge is 0.497 e. The van der Waals surface area contributed by atoms with Crippen molar-refractivity contribution in [1.29, 1.82) is 0 Å². The SMILES string of the molecule is COc1cccc(OCc2nc(C(=O)N[C@H](C)c3csc(C)n3)co2)c1. The van der Waals surface area contributed by atoms with E-state index < -0.39 is 0 Å². The topological polar surface area (TPSA) is 86.5 Å². The first-order valence-electron chi connectivity index (χ1n) is 7.99. The Balaban J connectivity index is 1.57. The molecule has 7 nitrogen and oxygen atoms in total. The van der Waals surface area contributed by atoms with Crippen molar-refractivity contribution in [3.05, 3.63) is 58.2 Å². The van der Waals surface area contributed by atoms with Crippen LogP contribution in [0.1, 0.15) is 40.0 Å². The zero-order valence-electron chi connectivity index (χ0n) is 14.7. The monoisotopic (exact) mass is 373 g/mol. The van der Waals surface area contributed by atoms with Crippen LogP contribution in [0.4, 0.5) is 0 Å². The van der Waals surface area contributed by atoms with Gasteiger partial charge in [-0.1, -0.05) is 6.07 Å². The molecule has 0 bridgehead atoms. The number of nitrogens with zero attached hydrogens (tertiary/aromatic N) is 2. The first-order valence-corrected chi connectivity index (χ1v) is 8.87. The van der Waals surface area contributed by atoms with Gasteiger partial charge in [0.1, 0.15) is 17.8 Å². The lowest BCUT2D eigenvalue weighted by molar-refractivity contribution is 0.0934. The fraction of sp³-hybridized carbons (Fsp3) is 0.278. The summed E-state index contributed by atoms with van der Waals surface area (Å²) in [6, 6.07) is 7.00. The Bertz CT molecular complexity index is 890. The van der Waals surface area contributed by atoms with Crippen molar-refractivity contribution in [2.24, 2.45) is 0 Å². The summed E-state index contributed by atoms with van der Waals surface area (Å²) in [6.45, 7) is 3.91. The zero-order valence-corrected chi connectivity index (χ0v) is 15.5. The molecule has 0 fully saturated rings. The third kappa shape index (κ3) is 4.40. The number of amides is 1. The minimum Gasteiger partial charge on any atom is -0.497 e. The van der Waals surface area contributed by atoms with Gasteiger partial charge in [-0.3, -0.25) is 4.79 Å². The highest BCUT2D eigenvalue weighted by molar-refractivity contribution is 7.09. The lowest BCUT2D eigenvalue weighted by Crippen LogP contribution is -2.27. The predicted octanol–water partition coefficient (Wildman–Crippen LogP) is 3.52. The summed E-state index contributed by atoms with van der Waals surface area (Å²) in [7, 11) is 1.59. The van der Waals surface area contributed by atoms with Crippen LogP contribution in [0.3, 0.4) is 0 Å². The second-order valence-corrected chi connectivity index (χ2v) is 6.64. The summed E-state index contributed by atoms with van der Waals surface area (Å²) in [5.41, 5.74) is 1.03. The molecule has 0 unspecified atom stereocenters. The molecule has 8 heteroatoms. The predicted molar refractivity (Wildman–Crippen MR) is 96.6 cm³/mol. The molecule has 2 aromatic heterocycles. The van der Waals surface area contributed by atoms with E-state index in [0.717, 1.165) is 10.7 Å².